The first-order chi connectivity index (χ1) is 18.7. The van der Waals surface area contributed by atoms with Crippen molar-refractivity contribution in [2.45, 2.75) is 32.4 Å². The Balaban J connectivity index is 1.86. The Morgan fingerprint density at radius 3 is 2.21 bits per heavy atom. The highest BCUT2D eigenvalue weighted by Gasteiger charge is 2.73. The first-order valence-electron chi connectivity index (χ1n) is 13.2. The molecule has 3 aromatic rings. The predicted octanol–water partition coefficient (Wildman–Crippen LogP) is 5.03. The van der Waals surface area contributed by atoms with Crippen LogP contribution in [0.15, 0.2) is 103 Å². The van der Waals surface area contributed by atoms with Crippen LogP contribution in [0.2, 0.25) is 0 Å². The molecule has 2 aliphatic heterocycles. The van der Waals surface area contributed by atoms with E-state index in [4.69, 9.17) is 0 Å². The van der Waals surface area contributed by atoms with Gasteiger partial charge in [0.05, 0.1) is 11.7 Å². The summed E-state index contributed by atoms with van der Waals surface area (Å²) in [5.74, 6) is -1.29. The number of aliphatic hydroxyl groups is 1. The van der Waals surface area contributed by atoms with Crippen LogP contribution in [-0.2, 0) is 15.2 Å². The number of carbonyl (C=O) groups excluding carboxylic acids is 3. The third-order valence-electron chi connectivity index (χ3n) is 7.72. The first kappa shape index (κ1) is 26.3. The van der Waals surface area contributed by atoms with Gasteiger partial charge in [0.15, 0.2) is 22.6 Å². The monoisotopic (exact) mass is 520 g/mol. The number of allylic oxidation sites excluding steroid dienone is 1. The molecule has 0 aliphatic carbocycles. The zero-order chi connectivity index (χ0) is 27.8. The molecule has 1 fully saturated rings. The molecule has 198 valence electrons. The summed E-state index contributed by atoms with van der Waals surface area (Å²) in [6.07, 6.45) is 5.00. The van der Waals surface area contributed by atoms with Crippen LogP contribution in [0, 0.1) is 11.3 Å². The zero-order valence-corrected chi connectivity index (χ0v) is 22.3. The number of nitrogens with zero attached hydrogens (tertiary/aromatic N) is 1. The van der Waals surface area contributed by atoms with E-state index in [0.717, 1.165) is 11.1 Å². The molecule has 0 radical (unpaired) electrons. The van der Waals surface area contributed by atoms with Crippen LogP contribution in [0.4, 0.5) is 0 Å². The molecule has 6 heteroatoms. The Labute approximate surface area is 228 Å². The molecular weight excluding hydrogens is 488 g/mol. The van der Waals surface area contributed by atoms with Gasteiger partial charge in [0, 0.05) is 24.4 Å². The molecule has 3 atom stereocenters. The van der Waals surface area contributed by atoms with Crippen molar-refractivity contribution in [3.8, 4) is 0 Å². The van der Waals surface area contributed by atoms with E-state index in [1.54, 1.807) is 65.7 Å². The number of hydrogen-bond acceptors (Lipinski definition) is 5. The fourth-order valence-corrected chi connectivity index (χ4v) is 5.93. The number of Topliss-reactive ketones (excluding diaryl/α,β-unsaturated/α-hetero) is 1. The summed E-state index contributed by atoms with van der Waals surface area (Å²) in [4.78, 5) is 43.7. The van der Waals surface area contributed by atoms with Crippen LogP contribution in [-0.4, -0.2) is 34.0 Å². The standard InChI is InChI=1S/C33H32N2O4/c1-22(2)21-34-31(38)32(23(3)36)30-27-17-11-10-12-24(27)18-19-35(30)29(20-28(37)25-13-6-4-7-14-25)33(32,39)26-15-8-5-9-16-26/h4-20,22,30,39H,21H2,1-3H3,(H,34,38)/b29-20+. The average molecular weight is 521 g/mol. The summed E-state index contributed by atoms with van der Waals surface area (Å²) in [5.41, 5.74) is -1.62. The third kappa shape index (κ3) is 4.03. The van der Waals surface area contributed by atoms with E-state index in [1.807, 2.05) is 50.3 Å². The lowest BCUT2D eigenvalue weighted by Gasteiger charge is -2.42. The largest absolute Gasteiger partial charge is 0.377 e. The topological polar surface area (TPSA) is 86.7 Å². The minimum Gasteiger partial charge on any atom is -0.377 e. The van der Waals surface area contributed by atoms with Gasteiger partial charge in [-0.15, -0.1) is 0 Å². The second-order valence-electron chi connectivity index (χ2n) is 10.6. The van der Waals surface area contributed by atoms with Gasteiger partial charge < -0.3 is 15.3 Å². The number of benzene rings is 3. The van der Waals surface area contributed by atoms with E-state index in [0.29, 0.717) is 17.7 Å². The van der Waals surface area contributed by atoms with E-state index in [2.05, 4.69) is 5.32 Å². The first-order valence-corrected chi connectivity index (χ1v) is 13.2. The van der Waals surface area contributed by atoms with Gasteiger partial charge >= 0.3 is 0 Å². The SMILES string of the molecule is CC(=O)C1(C(=O)NCC(C)C)C2c3ccccc3C=CN2/C(=C/C(=O)c2ccccc2)C1(O)c1ccccc1. The molecule has 0 bridgehead atoms. The predicted molar refractivity (Wildman–Crippen MR) is 150 cm³/mol. The summed E-state index contributed by atoms with van der Waals surface area (Å²) in [5, 5.41) is 16.0. The molecular formula is C33H32N2O4. The number of nitrogens with one attached hydrogen (secondary N) is 1. The molecule has 3 unspecified atom stereocenters. The quantitative estimate of drug-likeness (QED) is 0.259. The fourth-order valence-electron chi connectivity index (χ4n) is 5.93. The summed E-state index contributed by atoms with van der Waals surface area (Å²) >= 11 is 0. The Kier molecular flexibility index (Phi) is 6.83. The number of amides is 1. The normalized spacial score (nSPS) is 24.4. The molecule has 39 heavy (non-hydrogen) atoms. The van der Waals surface area contributed by atoms with Gasteiger partial charge in [-0.1, -0.05) is 98.8 Å². The molecule has 1 saturated heterocycles. The van der Waals surface area contributed by atoms with E-state index < -0.39 is 28.7 Å². The molecule has 5 rings (SSSR count). The van der Waals surface area contributed by atoms with Crippen LogP contribution in [0.5, 0.6) is 0 Å². The Hall–Kier alpha value is -4.29. The van der Waals surface area contributed by atoms with Gasteiger partial charge in [-0.05, 0) is 35.6 Å². The van der Waals surface area contributed by atoms with Gasteiger partial charge in [0.2, 0.25) is 5.91 Å². The van der Waals surface area contributed by atoms with Gasteiger partial charge in [-0.25, -0.2) is 0 Å². The minimum atomic E-state index is -2.15. The Bertz CT molecular complexity index is 1480. The van der Waals surface area contributed by atoms with Crippen molar-refractivity contribution >= 4 is 23.5 Å². The lowest BCUT2D eigenvalue weighted by Crippen LogP contribution is -2.59. The molecule has 6 nitrogen and oxygen atoms in total. The highest BCUT2D eigenvalue weighted by atomic mass is 16.3. The summed E-state index contributed by atoms with van der Waals surface area (Å²) in [7, 11) is 0. The molecule has 0 saturated carbocycles. The summed E-state index contributed by atoms with van der Waals surface area (Å²) in [6.45, 7) is 5.61. The maximum atomic E-state index is 14.4. The number of carbonyl (C=O) groups is 3. The lowest BCUT2D eigenvalue weighted by molar-refractivity contribution is -0.158. The number of ketones is 2. The van der Waals surface area contributed by atoms with Gasteiger partial charge in [0.1, 0.15) is 0 Å². The van der Waals surface area contributed by atoms with Crippen LogP contribution >= 0.6 is 0 Å². The Morgan fingerprint density at radius 2 is 1.56 bits per heavy atom. The van der Waals surface area contributed by atoms with Crippen LogP contribution in [0.25, 0.3) is 6.08 Å². The smallest absolute Gasteiger partial charge is 0.239 e. The number of rotatable bonds is 7. The maximum absolute atomic E-state index is 14.4. The average Bonchev–Trinajstić information content (AvgIpc) is 3.19. The van der Waals surface area contributed by atoms with Crippen molar-refractivity contribution in [1.29, 1.82) is 0 Å². The molecule has 0 aromatic heterocycles. The van der Waals surface area contributed by atoms with Crippen LogP contribution < -0.4 is 5.32 Å². The highest BCUT2D eigenvalue weighted by molar-refractivity contribution is 6.11. The maximum Gasteiger partial charge on any atom is 0.239 e. The van der Waals surface area contributed by atoms with Gasteiger partial charge in [-0.3, -0.25) is 14.4 Å². The van der Waals surface area contributed by atoms with Gasteiger partial charge in [0.25, 0.3) is 0 Å². The van der Waals surface area contributed by atoms with Crippen LogP contribution in [0.1, 0.15) is 53.9 Å². The van der Waals surface area contributed by atoms with Crippen molar-refractivity contribution < 1.29 is 19.5 Å². The molecule has 0 spiro atoms. The summed E-state index contributed by atoms with van der Waals surface area (Å²) in [6, 6.07) is 24.1. The van der Waals surface area contributed by atoms with E-state index in [9.17, 15) is 19.5 Å². The Morgan fingerprint density at radius 1 is 0.949 bits per heavy atom. The van der Waals surface area contributed by atoms with E-state index in [1.165, 1.54) is 13.0 Å². The van der Waals surface area contributed by atoms with Crippen molar-refractivity contribution in [3.63, 3.8) is 0 Å². The minimum absolute atomic E-state index is 0.119. The van der Waals surface area contributed by atoms with Crippen molar-refractivity contribution in [2.24, 2.45) is 11.3 Å². The summed E-state index contributed by atoms with van der Waals surface area (Å²) < 4.78 is 0. The molecule has 1 amide bonds. The molecule has 2 aliphatic rings. The number of hydrogen-bond donors (Lipinski definition) is 2. The van der Waals surface area contributed by atoms with Crippen LogP contribution in [0.3, 0.4) is 0 Å². The van der Waals surface area contributed by atoms with E-state index in [-0.39, 0.29) is 17.4 Å². The van der Waals surface area contributed by atoms with Crippen molar-refractivity contribution in [2.75, 3.05) is 6.54 Å². The highest BCUT2D eigenvalue weighted by Crippen LogP contribution is 2.64. The molecule has 3 aromatic carbocycles. The third-order valence-corrected chi connectivity index (χ3v) is 7.72. The van der Waals surface area contributed by atoms with Crippen molar-refractivity contribution in [1.82, 2.24) is 10.2 Å². The molecule has 2 N–H and O–H groups in total. The second-order valence-corrected chi connectivity index (χ2v) is 10.6. The van der Waals surface area contributed by atoms with Gasteiger partial charge in [-0.2, -0.15) is 0 Å². The molecule has 2 heterocycles. The fraction of sp³-hybridized carbons (Fsp3) is 0.242. The number of fused-ring (bicyclic) bond motifs is 3. The second kappa shape index (κ2) is 10.1. The zero-order valence-electron chi connectivity index (χ0n) is 22.3. The lowest BCUT2D eigenvalue weighted by atomic mass is 9.61. The van der Waals surface area contributed by atoms with E-state index >= 15 is 0 Å². The van der Waals surface area contributed by atoms with Crippen molar-refractivity contribution in [3.05, 3.63) is 125 Å².